The van der Waals surface area contributed by atoms with Gasteiger partial charge in [0.2, 0.25) is 0 Å². The van der Waals surface area contributed by atoms with Crippen LogP contribution in [0.15, 0.2) is 48.5 Å². The molecule has 0 aromatic heterocycles. The van der Waals surface area contributed by atoms with Crippen molar-refractivity contribution in [3.8, 4) is 5.75 Å². The lowest BCUT2D eigenvalue weighted by atomic mass is 9.96. The molecule has 3 nitrogen and oxygen atoms in total. The lowest BCUT2D eigenvalue weighted by Crippen LogP contribution is -2.17. The lowest BCUT2D eigenvalue weighted by Gasteiger charge is -2.17. The number of esters is 1. The minimum atomic E-state index is -0.488. The first kappa shape index (κ1) is 16.7. The number of carbonyl (C=O) groups excluding carboxylic acids is 1. The average molecular weight is 339 g/mol. The van der Waals surface area contributed by atoms with E-state index in [9.17, 15) is 4.79 Å². The Hall–Kier alpha value is -1.71. The molecule has 22 heavy (non-hydrogen) atoms. The van der Waals surface area contributed by atoms with Crippen LogP contribution < -0.4 is 4.74 Å². The van der Waals surface area contributed by atoms with Crippen molar-refractivity contribution in [3.63, 3.8) is 0 Å². The Kier molecular flexibility index (Phi) is 6.10. The molecule has 116 valence electrons. The molecule has 5 heteroatoms. The van der Waals surface area contributed by atoms with E-state index in [1.165, 1.54) is 7.11 Å². The second kappa shape index (κ2) is 8.06. The third-order valence-corrected chi connectivity index (χ3v) is 3.80. The molecule has 0 N–H and O–H groups in total. The van der Waals surface area contributed by atoms with Crippen molar-refractivity contribution in [1.82, 2.24) is 0 Å². The van der Waals surface area contributed by atoms with E-state index < -0.39 is 5.92 Å². The van der Waals surface area contributed by atoms with Gasteiger partial charge in [0.05, 0.1) is 19.6 Å². The van der Waals surface area contributed by atoms with Crippen molar-refractivity contribution < 1.29 is 14.3 Å². The van der Waals surface area contributed by atoms with Crippen LogP contribution in [0.25, 0.3) is 0 Å². The summed E-state index contributed by atoms with van der Waals surface area (Å²) in [6.07, 6.45) is 0.461. The normalized spacial score (nSPS) is 11.8. The molecule has 0 radical (unpaired) electrons. The first-order valence-corrected chi connectivity index (χ1v) is 7.58. The van der Waals surface area contributed by atoms with Gasteiger partial charge < -0.3 is 9.47 Å². The largest absolute Gasteiger partial charge is 0.494 e. The SMILES string of the molecule is COC(=O)[C@@H](CCOc1ccccc1)c1ccc(Cl)cc1Cl. The van der Waals surface area contributed by atoms with Crippen LogP contribution in [0.3, 0.4) is 0 Å². The summed E-state index contributed by atoms with van der Waals surface area (Å²) in [5.74, 6) is -0.0762. The molecule has 0 saturated heterocycles. The van der Waals surface area contributed by atoms with Crippen LogP contribution in [0, 0.1) is 0 Å². The molecule has 0 spiro atoms. The highest BCUT2D eigenvalue weighted by Gasteiger charge is 2.24. The Morgan fingerprint density at radius 3 is 2.50 bits per heavy atom. The first-order valence-electron chi connectivity index (χ1n) is 6.82. The third kappa shape index (κ3) is 4.39. The maximum absolute atomic E-state index is 12.0. The van der Waals surface area contributed by atoms with Gasteiger partial charge in [0, 0.05) is 10.0 Å². The van der Waals surface area contributed by atoms with Gasteiger partial charge in [0.15, 0.2) is 0 Å². The van der Waals surface area contributed by atoms with Gasteiger partial charge >= 0.3 is 5.97 Å². The number of rotatable bonds is 6. The van der Waals surface area contributed by atoms with E-state index in [-0.39, 0.29) is 5.97 Å². The van der Waals surface area contributed by atoms with E-state index in [1.54, 1.807) is 18.2 Å². The fourth-order valence-corrected chi connectivity index (χ4v) is 2.68. The Balaban J connectivity index is 2.08. The predicted molar refractivity (Wildman–Crippen MR) is 87.8 cm³/mol. The summed E-state index contributed by atoms with van der Waals surface area (Å²) in [6, 6.07) is 14.5. The molecule has 2 aromatic carbocycles. The van der Waals surface area contributed by atoms with Gasteiger partial charge in [-0.1, -0.05) is 47.5 Å². The molecular formula is C17H16Cl2O3. The standard InChI is InChI=1S/C17H16Cl2O3/c1-21-17(20)15(14-8-7-12(18)11-16(14)19)9-10-22-13-5-3-2-4-6-13/h2-8,11,15H,9-10H2,1H3/t15-/m0/s1. The van der Waals surface area contributed by atoms with E-state index in [0.29, 0.717) is 28.6 Å². The summed E-state index contributed by atoms with van der Waals surface area (Å²) in [7, 11) is 1.36. The molecule has 2 aromatic rings. The summed E-state index contributed by atoms with van der Waals surface area (Å²) in [4.78, 5) is 12.0. The van der Waals surface area contributed by atoms with Crippen molar-refractivity contribution in [2.24, 2.45) is 0 Å². The molecule has 0 amide bonds. The molecule has 0 bridgehead atoms. The van der Waals surface area contributed by atoms with E-state index in [1.807, 2.05) is 30.3 Å². The van der Waals surface area contributed by atoms with E-state index >= 15 is 0 Å². The Morgan fingerprint density at radius 2 is 1.86 bits per heavy atom. The monoisotopic (exact) mass is 338 g/mol. The van der Waals surface area contributed by atoms with Crippen LogP contribution in [0.2, 0.25) is 10.0 Å². The zero-order chi connectivity index (χ0) is 15.9. The van der Waals surface area contributed by atoms with Crippen LogP contribution in [0.4, 0.5) is 0 Å². The van der Waals surface area contributed by atoms with Gasteiger partial charge in [-0.3, -0.25) is 4.79 Å². The van der Waals surface area contributed by atoms with Gasteiger partial charge in [0.25, 0.3) is 0 Å². The summed E-state index contributed by atoms with van der Waals surface area (Å²) in [6.45, 7) is 0.378. The van der Waals surface area contributed by atoms with Gasteiger partial charge in [-0.05, 0) is 36.2 Å². The zero-order valence-corrected chi connectivity index (χ0v) is 13.6. The quantitative estimate of drug-likeness (QED) is 0.715. The second-order valence-corrected chi connectivity index (χ2v) is 5.54. The maximum Gasteiger partial charge on any atom is 0.313 e. The average Bonchev–Trinajstić information content (AvgIpc) is 2.53. The fourth-order valence-electron chi connectivity index (χ4n) is 2.14. The van der Waals surface area contributed by atoms with Gasteiger partial charge in [-0.2, -0.15) is 0 Å². The molecular weight excluding hydrogens is 323 g/mol. The number of halogens is 2. The highest BCUT2D eigenvalue weighted by atomic mass is 35.5. The van der Waals surface area contributed by atoms with Gasteiger partial charge in [0.1, 0.15) is 5.75 Å². The number of ether oxygens (including phenoxy) is 2. The Labute approximate surface area is 139 Å². The fraction of sp³-hybridized carbons (Fsp3) is 0.235. The van der Waals surface area contributed by atoms with E-state index in [4.69, 9.17) is 32.7 Å². The number of para-hydroxylation sites is 1. The summed E-state index contributed by atoms with van der Waals surface area (Å²) in [5, 5.41) is 0.973. The van der Waals surface area contributed by atoms with Crippen molar-refractivity contribution in [1.29, 1.82) is 0 Å². The molecule has 0 heterocycles. The van der Waals surface area contributed by atoms with Gasteiger partial charge in [-0.15, -0.1) is 0 Å². The summed E-state index contributed by atoms with van der Waals surface area (Å²) in [5.41, 5.74) is 0.689. The molecule has 0 aliphatic heterocycles. The minimum Gasteiger partial charge on any atom is -0.494 e. The maximum atomic E-state index is 12.0. The molecule has 0 aliphatic rings. The van der Waals surface area contributed by atoms with Crippen molar-refractivity contribution in [3.05, 3.63) is 64.1 Å². The Morgan fingerprint density at radius 1 is 1.14 bits per heavy atom. The van der Waals surface area contributed by atoms with Crippen LogP contribution in [0.1, 0.15) is 17.9 Å². The number of methoxy groups -OCH3 is 1. The number of hydrogen-bond donors (Lipinski definition) is 0. The topological polar surface area (TPSA) is 35.5 Å². The van der Waals surface area contributed by atoms with Gasteiger partial charge in [-0.25, -0.2) is 0 Å². The number of hydrogen-bond acceptors (Lipinski definition) is 3. The molecule has 0 unspecified atom stereocenters. The van der Waals surface area contributed by atoms with Crippen LogP contribution in [-0.4, -0.2) is 19.7 Å². The molecule has 0 saturated carbocycles. The van der Waals surface area contributed by atoms with Crippen molar-refractivity contribution >= 4 is 29.2 Å². The van der Waals surface area contributed by atoms with E-state index in [2.05, 4.69) is 0 Å². The highest BCUT2D eigenvalue weighted by molar-refractivity contribution is 6.35. The highest BCUT2D eigenvalue weighted by Crippen LogP contribution is 2.30. The van der Waals surface area contributed by atoms with Crippen LogP contribution in [0.5, 0.6) is 5.75 Å². The van der Waals surface area contributed by atoms with Crippen LogP contribution in [-0.2, 0) is 9.53 Å². The molecule has 2 rings (SSSR count). The Bertz CT molecular complexity index is 629. The second-order valence-electron chi connectivity index (χ2n) is 4.69. The first-order chi connectivity index (χ1) is 10.6. The van der Waals surface area contributed by atoms with Crippen molar-refractivity contribution in [2.45, 2.75) is 12.3 Å². The summed E-state index contributed by atoms with van der Waals surface area (Å²) >= 11 is 12.1. The summed E-state index contributed by atoms with van der Waals surface area (Å²) < 4.78 is 10.5. The van der Waals surface area contributed by atoms with Crippen molar-refractivity contribution in [2.75, 3.05) is 13.7 Å². The minimum absolute atomic E-state index is 0.346. The predicted octanol–water partition coefficient (Wildman–Crippen LogP) is 4.72. The number of carbonyl (C=O) groups is 1. The number of benzene rings is 2. The van der Waals surface area contributed by atoms with E-state index in [0.717, 1.165) is 5.75 Å². The smallest absolute Gasteiger partial charge is 0.313 e. The lowest BCUT2D eigenvalue weighted by molar-refractivity contribution is -0.142. The third-order valence-electron chi connectivity index (χ3n) is 3.24. The zero-order valence-electron chi connectivity index (χ0n) is 12.1. The molecule has 0 fully saturated rings. The van der Waals surface area contributed by atoms with Crippen LogP contribution >= 0.6 is 23.2 Å². The molecule has 0 aliphatic carbocycles. The molecule has 1 atom stereocenters.